The van der Waals surface area contributed by atoms with Crippen molar-refractivity contribution in [2.45, 2.75) is 63.0 Å². The minimum absolute atomic E-state index is 0.0121. The summed E-state index contributed by atoms with van der Waals surface area (Å²) in [5, 5.41) is 17.3. The van der Waals surface area contributed by atoms with Gasteiger partial charge in [0.15, 0.2) is 0 Å². The maximum atomic E-state index is 13.9. The maximum Gasteiger partial charge on any atom is 0.220 e. The molecule has 1 amide bonds. The van der Waals surface area contributed by atoms with Gasteiger partial charge in [0.2, 0.25) is 5.91 Å². The normalized spacial score (nSPS) is 18.0. The number of amides is 1. The molecule has 3 aromatic rings. The number of ether oxygens (including phenoxy) is 1. The molecule has 0 unspecified atom stereocenters. The van der Waals surface area contributed by atoms with Crippen molar-refractivity contribution in [3.63, 3.8) is 0 Å². The van der Waals surface area contributed by atoms with Crippen molar-refractivity contribution < 1.29 is 32.5 Å². The molecule has 0 bridgehead atoms. The third-order valence-electron chi connectivity index (χ3n) is 7.60. The summed E-state index contributed by atoms with van der Waals surface area (Å²) in [6, 6.07) is 15.4. The number of carbonyl (C=O) groups excluding carboxylic acids is 1. The molecule has 42 heavy (non-hydrogen) atoms. The van der Waals surface area contributed by atoms with Gasteiger partial charge < -0.3 is 20.5 Å². The number of hydrogen-bond donors (Lipinski definition) is 5. The summed E-state index contributed by atoms with van der Waals surface area (Å²) in [5.74, 6) is -0.710. The van der Waals surface area contributed by atoms with Gasteiger partial charge in [0.05, 0.1) is 36.8 Å². The van der Waals surface area contributed by atoms with Gasteiger partial charge in [-0.1, -0.05) is 37.3 Å². The highest BCUT2D eigenvalue weighted by Gasteiger charge is 2.31. The standard InChI is InChI=1S/C32H40F2N2O5S/c1-3-21-7-10-24-19-42(39,40)20-30(28(24)15-21)35-18-31(37)29(16-23-13-25(33)17-26(34)14-23)36-32(38)6-4-5-22-8-11-27(41-2)12-9-22/h7-15,17,29-31,35,37,39-40H,3-6,16,18-20H2,1-2H3,(H,36,38)/t29-,30-,31-/m0/s1. The summed E-state index contributed by atoms with van der Waals surface area (Å²) < 4.78 is 54.1. The highest BCUT2D eigenvalue weighted by atomic mass is 32.3. The minimum Gasteiger partial charge on any atom is -0.497 e. The minimum atomic E-state index is -2.85. The second-order valence-electron chi connectivity index (χ2n) is 10.9. The molecule has 0 radical (unpaired) electrons. The first-order valence-corrected chi connectivity index (χ1v) is 16.1. The monoisotopic (exact) mass is 602 g/mol. The van der Waals surface area contributed by atoms with Crippen LogP contribution >= 0.6 is 10.6 Å². The van der Waals surface area contributed by atoms with Gasteiger partial charge in [-0.15, -0.1) is 0 Å². The summed E-state index contributed by atoms with van der Waals surface area (Å²) >= 11 is 0. The molecule has 5 N–H and O–H groups in total. The van der Waals surface area contributed by atoms with Crippen molar-refractivity contribution in [2.24, 2.45) is 0 Å². The number of aliphatic hydroxyl groups excluding tert-OH is 1. The first-order chi connectivity index (χ1) is 20.0. The number of fused-ring (bicyclic) bond motifs is 1. The van der Waals surface area contributed by atoms with Crippen LogP contribution in [0.2, 0.25) is 0 Å². The van der Waals surface area contributed by atoms with Crippen LogP contribution in [-0.4, -0.2) is 51.7 Å². The van der Waals surface area contributed by atoms with Gasteiger partial charge in [-0.3, -0.25) is 13.9 Å². The predicted molar refractivity (Wildman–Crippen MR) is 162 cm³/mol. The molecular formula is C32H40F2N2O5S. The Kier molecular flexibility index (Phi) is 11.0. The first-order valence-electron chi connectivity index (χ1n) is 14.2. The Hall–Kier alpha value is -3.02. The van der Waals surface area contributed by atoms with Crippen molar-refractivity contribution in [1.82, 2.24) is 10.6 Å². The average Bonchev–Trinajstić information content (AvgIpc) is 2.94. The number of aryl methyl sites for hydroxylation is 2. The highest BCUT2D eigenvalue weighted by Crippen LogP contribution is 2.50. The summed E-state index contributed by atoms with van der Waals surface area (Å²) in [5.41, 5.74) is 4.29. The second-order valence-corrected chi connectivity index (χ2v) is 13.1. The fraction of sp³-hybridized carbons (Fsp3) is 0.406. The van der Waals surface area contributed by atoms with Crippen LogP contribution in [0.25, 0.3) is 0 Å². The number of halogens is 2. The molecule has 0 spiro atoms. The molecule has 228 valence electrons. The van der Waals surface area contributed by atoms with E-state index in [-0.39, 0.29) is 36.8 Å². The summed E-state index contributed by atoms with van der Waals surface area (Å²) in [7, 11) is -1.25. The molecule has 0 aromatic heterocycles. The van der Waals surface area contributed by atoms with Crippen LogP contribution in [0.15, 0.2) is 60.7 Å². The Morgan fingerprint density at radius 3 is 2.38 bits per heavy atom. The largest absolute Gasteiger partial charge is 0.497 e. The van der Waals surface area contributed by atoms with Gasteiger partial charge in [0.1, 0.15) is 17.4 Å². The SMILES string of the molecule is CCc1ccc2c(c1)[C@@H](NC[C@H](O)[C@H](Cc1cc(F)cc(F)c1)NC(=O)CCCc1ccc(OC)cc1)CS(O)(O)C2. The lowest BCUT2D eigenvalue weighted by Gasteiger charge is -2.42. The number of aliphatic hydroxyl groups is 1. The van der Waals surface area contributed by atoms with Crippen LogP contribution < -0.4 is 15.4 Å². The third kappa shape index (κ3) is 8.99. The molecule has 4 rings (SSSR count). The van der Waals surface area contributed by atoms with Crippen molar-refractivity contribution in [1.29, 1.82) is 0 Å². The Morgan fingerprint density at radius 1 is 1.02 bits per heavy atom. The second kappa shape index (κ2) is 14.4. The number of rotatable bonds is 13. The molecule has 0 saturated heterocycles. The molecule has 0 aliphatic carbocycles. The lowest BCUT2D eigenvalue weighted by atomic mass is 9.97. The van der Waals surface area contributed by atoms with Crippen LogP contribution in [0.5, 0.6) is 5.75 Å². The van der Waals surface area contributed by atoms with E-state index in [1.165, 1.54) is 12.1 Å². The summed E-state index contributed by atoms with van der Waals surface area (Å²) in [6.07, 6.45) is 1.17. The predicted octanol–water partition coefficient (Wildman–Crippen LogP) is 5.54. The lowest BCUT2D eigenvalue weighted by molar-refractivity contribution is -0.122. The third-order valence-corrected chi connectivity index (χ3v) is 9.25. The molecular weight excluding hydrogens is 562 g/mol. The molecule has 0 saturated carbocycles. The van der Waals surface area contributed by atoms with Crippen molar-refractivity contribution in [2.75, 3.05) is 19.4 Å². The van der Waals surface area contributed by atoms with E-state index in [9.17, 15) is 27.8 Å². The topological polar surface area (TPSA) is 111 Å². The van der Waals surface area contributed by atoms with Gasteiger partial charge in [0.25, 0.3) is 0 Å². The van der Waals surface area contributed by atoms with Gasteiger partial charge >= 0.3 is 0 Å². The van der Waals surface area contributed by atoms with Crippen molar-refractivity contribution in [3.05, 3.63) is 100 Å². The van der Waals surface area contributed by atoms with Crippen LogP contribution in [0, 0.1) is 11.6 Å². The molecule has 10 heteroatoms. The number of hydrogen-bond acceptors (Lipinski definition) is 6. The Labute approximate surface area is 247 Å². The zero-order chi connectivity index (χ0) is 30.3. The van der Waals surface area contributed by atoms with Crippen molar-refractivity contribution >= 4 is 16.5 Å². The average molecular weight is 603 g/mol. The van der Waals surface area contributed by atoms with Gasteiger partial charge in [-0.2, -0.15) is 10.6 Å². The number of nitrogens with one attached hydrogen (secondary N) is 2. The zero-order valence-electron chi connectivity index (χ0n) is 24.0. The smallest absolute Gasteiger partial charge is 0.220 e. The summed E-state index contributed by atoms with van der Waals surface area (Å²) in [4.78, 5) is 12.9. The van der Waals surface area contributed by atoms with Crippen LogP contribution in [0.3, 0.4) is 0 Å². The Balaban J connectivity index is 1.43. The van der Waals surface area contributed by atoms with E-state index in [0.29, 0.717) is 18.4 Å². The molecule has 3 aromatic carbocycles. The fourth-order valence-electron chi connectivity index (χ4n) is 5.35. The fourth-order valence-corrected chi connectivity index (χ4v) is 7.06. The van der Waals surface area contributed by atoms with Crippen LogP contribution in [-0.2, 0) is 29.8 Å². The summed E-state index contributed by atoms with van der Waals surface area (Å²) in [6.45, 7) is 2.06. The number of methoxy groups -OCH3 is 1. The molecule has 7 nitrogen and oxygen atoms in total. The van der Waals surface area contributed by atoms with Gasteiger partial charge in [-0.25, -0.2) is 8.78 Å². The van der Waals surface area contributed by atoms with E-state index >= 15 is 0 Å². The van der Waals surface area contributed by atoms with E-state index in [0.717, 1.165) is 40.5 Å². The Bertz CT molecular complexity index is 1330. The Morgan fingerprint density at radius 2 is 1.71 bits per heavy atom. The quantitative estimate of drug-likeness (QED) is 0.176. The van der Waals surface area contributed by atoms with E-state index in [1.807, 2.05) is 49.4 Å². The molecule has 1 heterocycles. The van der Waals surface area contributed by atoms with Crippen LogP contribution in [0.4, 0.5) is 8.78 Å². The molecule has 0 fully saturated rings. The van der Waals surface area contributed by atoms with E-state index in [2.05, 4.69) is 10.6 Å². The van der Waals surface area contributed by atoms with E-state index < -0.39 is 40.4 Å². The van der Waals surface area contributed by atoms with E-state index in [1.54, 1.807) is 7.11 Å². The number of carbonyl (C=O) groups is 1. The zero-order valence-corrected chi connectivity index (χ0v) is 24.8. The molecule has 1 aliphatic heterocycles. The van der Waals surface area contributed by atoms with E-state index in [4.69, 9.17) is 4.74 Å². The number of benzene rings is 3. The van der Waals surface area contributed by atoms with Gasteiger partial charge in [0, 0.05) is 19.0 Å². The maximum absolute atomic E-state index is 13.9. The molecule has 3 atom stereocenters. The first kappa shape index (κ1) is 31.9. The van der Waals surface area contributed by atoms with Crippen molar-refractivity contribution in [3.8, 4) is 5.75 Å². The lowest BCUT2D eigenvalue weighted by Crippen LogP contribution is -2.49. The molecule has 1 aliphatic rings. The van der Waals surface area contributed by atoms with Gasteiger partial charge in [-0.05, 0) is 77.8 Å². The highest BCUT2D eigenvalue weighted by molar-refractivity contribution is 8.23. The van der Waals surface area contributed by atoms with Crippen LogP contribution in [0.1, 0.15) is 53.6 Å².